The van der Waals surface area contributed by atoms with E-state index < -0.39 is 0 Å². The van der Waals surface area contributed by atoms with Gasteiger partial charge in [0.1, 0.15) is 0 Å². The zero-order chi connectivity index (χ0) is 10.7. The van der Waals surface area contributed by atoms with Crippen LogP contribution in [0.15, 0.2) is 15.9 Å². The second-order valence-corrected chi connectivity index (χ2v) is 6.36. The molecule has 1 aromatic heterocycles. The van der Waals surface area contributed by atoms with Gasteiger partial charge in [-0.05, 0) is 47.7 Å². The van der Waals surface area contributed by atoms with Crippen molar-refractivity contribution in [1.82, 2.24) is 5.32 Å². The van der Waals surface area contributed by atoms with Gasteiger partial charge >= 0.3 is 0 Å². The van der Waals surface area contributed by atoms with E-state index >= 15 is 0 Å². The van der Waals surface area contributed by atoms with E-state index in [4.69, 9.17) is 0 Å². The van der Waals surface area contributed by atoms with Crippen LogP contribution in [0.1, 0.15) is 37.5 Å². The van der Waals surface area contributed by atoms with Crippen molar-refractivity contribution in [3.63, 3.8) is 0 Å². The molecule has 0 aromatic carbocycles. The van der Waals surface area contributed by atoms with Gasteiger partial charge in [0.05, 0.1) is 0 Å². The average molecular weight is 288 g/mol. The van der Waals surface area contributed by atoms with E-state index in [1.165, 1.54) is 35.0 Å². The van der Waals surface area contributed by atoms with E-state index in [-0.39, 0.29) is 0 Å². The van der Waals surface area contributed by atoms with E-state index in [1.807, 2.05) is 11.3 Å². The number of thiophene rings is 1. The van der Waals surface area contributed by atoms with Crippen molar-refractivity contribution in [2.24, 2.45) is 5.92 Å². The van der Waals surface area contributed by atoms with Crippen LogP contribution in [0.25, 0.3) is 0 Å². The van der Waals surface area contributed by atoms with E-state index in [0.717, 1.165) is 12.5 Å². The van der Waals surface area contributed by atoms with Crippen molar-refractivity contribution in [2.75, 3.05) is 0 Å². The maximum absolute atomic E-state index is 3.64. The first kappa shape index (κ1) is 11.6. The summed E-state index contributed by atoms with van der Waals surface area (Å²) < 4.78 is 1.21. The highest BCUT2D eigenvalue weighted by Gasteiger charge is 2.20. The third-order valence-corrected chi connectivity index (χ3v) is 5.02. The summed E-state index contributed by atoms with van der Waals surface area (Å²) in [5.74, 6) is 0.911. The molecule has 3 heteroatoms. The van der Waals surface area contributed by atoms with Gasteiger partial charge < -0.3 is 5.32 Å². The monoisotopic (exact) mass is 287 g/mol. The summed E-state index contributed by atoms with van der Waals surface area (Å²) >= 11 is 5.31. The quantitative estimate of drug-likeness (QED) is 0.876. The summed E-state index contributed by atoms with van der Waals surface area (Å²) in [5.41, 5.74) is 0. The summed E-state index contributed by atoms with van der Waals surface area (Å²) in [6.07, 6.45) is 5.70. The topological polar surface area (TPSA) is 12.0 Å². The van der Waals surface area contributed by atoms with E-state index in [1.54, 1.807) is 0 Å². The van der Waals surface area contributed by atoms with Gasteiger partial charge in [-0.25, -0.2) is 0 Å². The third kappa shape index (κ3) is 3.30. The molecule has 1 heterocycles. The zero-order valence-electron chi connectivity index (χ0n) is 9.13. The zero-order valence-corrected chi connectivity index (χ0v) is 11.5. The van der Waals surface area contributed by atoms with Gasteiger partial charge in [-0.15, -0.1) is 11.3 Å². The van der Waals surface area contributed by atoms with Crippen LogP contribution >= 0.6 is 27.3 Å². The number of hydrogen-bond donors (Lipinski definition) is 1. The Balaban J connectivity index is 1.77. The molecule has 1 saturated carbocycles. The van der Waals surface area contributed by atoms with Gasteiger partial charge in [-0.2, -0.15) is 0 Å². The molecule has 1 aliphatic rings. The Bertz CT molecular complexity index is 304. The van der Waals surface area contributed by atoms with E-state index in [0.29, 0.717) is 6.04 Å². The Labute approximate surface area is 104 Å². The van der Waals surface area contributed by atoms with Crippen LogP contribution in [-0.2, 0) is 6.54 Å². The molecule has 0 spiro atoms. The van der Waals surface area contributed by atoms with E-state index in [9.17, 15) is 0 Å². The molecule has 1 atom stereocenters. The first-order chi connectivity index (χ1) is 7.25. The van der Waals surface area contributed by atoms with Crippen molar-refractivity contribution >= 4 is 27.3 Å². The van der Waals surface area contributed by atoms with Crippen LogP contribution in [0.3, 0.4) is 0 Å². The Morgan fingerprint density at radius 1 is 1.53 bits per heavy atom. The molecule has 0 amide bonds. The highest BCUT2D eigenvalue weighted by atomic mass is 79.9. The molecule has 1 nitrogen and oxygen atoms in total. The molecule has 0 aliphatic heterocycles. The summed E-state index contributed by atoms with van der Waals surface area (Å²) in [4.78, 5) is 1.42. The van der Waals surface area contributed by atoms with Crippen molar-refractivity contribution in [3.05, 3.63) is 20.8 Å². The van der Waals surface area contributed by atoms with E-state index in [2.05, 4.69) is 39.6 Å². The summed E-state index contributed by atoms with van der Waals surface area (Å²) in [6, 6.07) is 2.88. The van der Waals surface area contributed by atoms with Crippen molar-refractivity contribution in [2.45, 2.75) is 45.2 Å². The molecule has 1 aromatic rings. The molecule has 0 saturated heterocycles. The van der Waals surface area contributed by atoms with Gasteiger partial charge in [0, 0.05) is 27.3 Å². The molecule has 2 rings (SSSR count). The molecule has 1 aliphatic carbocycles. The number of hydrogen-bond acceptors (Lipinski definition) is 2. The fourth-order valence-electron chi connectivity index (χ4n) is 2.33. The Hall–Kier alpha value is 0.140. The second kappa shape index (κ2) is 5.46. The van der Waals surface area contributed by atoms with Crippen LogP contribution in [0, 0.1) is 5.92 Å². The largest absolute Gasteiger partial charge is 0.309 e. The molecule has 1 N–H and O–H groups in total. The highest BCUT2D eigenvalue weighted by molar-refractivity contribution is 9.10. The average Bonchev–Trinajstić information content (AvgIpc) is 2.84. The lowest BCUT2D eigenvalue weighted by atomic mass is 10.00. The Morgan fingerprint density at radius 2 is 2.27 bits per heavy atom. The minimum Gasteiger partial charge on any atom is -0.309 e. The lowest BCUT2D eigenvalue weighted by Crippen LogP contribution is -2.31. The molecular weight excluding hydrogens is 270 g/mol. The maximum atomic E-state index is 3.64. The molecule has 1 fully saturated rings. The number of halogens is 1. The number of nitrogens with one attached hydrogen (secondary N) is 1. The SMILES string of the molecule is C[C@H](NCc1cc(Br)cs1)C1CCCC1. The van der Waals surface area contributed by atoms with Crippen LogP contribution < -0.4 is 5.32 Å². The predicted octanol–water partition coefficient (Wildman–Crippen LogP) is 4.18. The molecular formula is C12H18BrNS. The fraction of sp³-hybridized carbons (Fsp3) is 0.667. The van der Waals surface area contributed by atoms with Gasteiger partial charge in [0.15, 0.2) is 0 Å². The predicted molar refractivity (Wildman–Crippen MR) is 70.3 cm³/mol. The molecule has 15 heavy (non-hydrogen) atoms. The minimum atomic E-state index is 0.674. The highest BCUT2D eigenvalue weighted by Crippen LogP contribution is 2.28. The lowest BCUT2D eigenvalue weighted by molar-refractivity contribution is 0.381. The smallest absolute Gasteiger partial charge is 0.0302 e. The third-order valence-electron chi connectivity index (χ3n) is 3.33. The van der Waals surface area contributed by atoms with Crippen LogP contribution in [-0.4, -0.2) is 6.04 Å². The van der Waals surface area contributed by atoms with Gasteiger partial charge in [0.2, 0.25) is 0 Å². The Kier molecular flexibility index (Phi) is 4.23. The lowest BCUT2D eigenvalue weighted by Gasteiger charge is -2.19. The summed E-state index contributed by atoms with van der Waals surface area (Å²) in [5, 5.41) is 5.79. The van der Waals surface area contributed by atoms with Crippen molar-refractivity contribution in [1.29, 1.82) is 0 Å². The molecule has 0 radical (unpaired) electrons. The first-order valence-corrected chi connectivity index (χ1v) is 7.39. The van der Waals surface area contributed by atoms with Crippen molar-refractivity contribution < 1.29 is 0 Å². The normalized spacial score (nSPS) is 19.6. The van der Waals surface area contributed by atoms with Gasteiger partial charge in [0.25, 0.3) is 0 Å². The molecule has 84 valence electrons. The molecule has 0 unspecified atom stereocenters. The van der Waals surface area contributed by atoms with Crippen molar-refractivity contribution in [3.8, 4) is 0 Å². The first-order valence-electron chi connectivity index (χ1n) is 5.72. The fourth-order valence-corrected chi connectivity index (χ4v) is 3.73. The minimum absolute atomic E-state index is 0.674. The standard InChI is InChI=1S/C12H18BrNS/c1-9(10-4-2-3-5-10)14-7-12-6-11(13)8-15-12/h6,8-10,14H,2-5,7H2,1H3/t9-/m0/s1. The van der Waals surface area contributed by atoms with Gasteiger partial charge in [-0.1, -0.05) is 12.8 Å². The molecule has 0 bridgehead atoms. The summed E-state index contributed by atoms with van der Waals surface area (Å²) in [6.45, 7) is 3.35. The number of rotatable bonds is 4. The van der Waals surface area contributed by atoms with Crippen LogP contribution in [0.4, 0.5) is 0 Å². The van der Waals surface area contributed by atoms with Gasteiger partial charge in [-0.3, -0.25) is 0 Å². The summed E-state index contributed by atoms with van der Waals surface area (Å²) in [7, 11) is 0. The van der Waals surface area contributed by atoms with Crippen LogP contribution in [0.2, 0.25) is 0 Å². The van der Waals surface area contributed by atoms with Crippen LogP contribution in [0.5, 0.6) is 0 Å². The second-order valence-electron chi connectivity index (χ2n) is 4.45. The Morgan fingerprint density at radius 3 is 2.87 bits per heavy atom. The maximum Gasteiger partial charge on any atom is 0.0302 e.